The third-order valence-corrected chi connectivity index (χ3v) is 5.04. The number of hydrazone groups is 1. The van der Waals surface area contributed by atoms with Gasteiger partial charge in [0.05, 0.1) is 19.7 Å². The van der Waals surface area contributed by atoms with Crippen molar-refractivity contribution >= 4 is 33.9 Å². The van der Waals surface area contributed by atoms with E-state index >= 15 is 0 Å². The number of carbonyl (C=O) groups is 1. The first kappa shape index (κ1) is 18.7. The average molecular weight is 385 g/mol. The zero-order valence-electron chi connectivity index (χ0n) is 16.6. The quantitative estimate of drug-likeness (QED) is 0.392. The highest BCUT2D eigenvalue weighted by Crippen LogP contribution is 2.29. The van der Waals surface area contributed by atoms with Crippen LogP contribution in [0.5, 0.6) is 5.75 Å². The van der Waals surface area contributed by atoms with Crippen molar-refractivity contribution in [2.24, 2.45) is 5.10 Å². The molecule has 5 heteroatoms. The van der Waals surface area contributed by atoms with Gasteiger partial charge < -0.3 is 9.30 Å². The Bertz CT molecular complexity index is 1190. The maximum atomic E-state index is 12.1. The molecule has 0 atom stereocenters. The van der Waals surface area contributed by atoms with E-state index in [1.165, 1.54) is 21.8 Å². The summed E-state index contributed by atoms with van der Waals surface area (Å²) < 4.78 is 7.44. The number of methoxy groups -OCH3 is 1. The van der Waals surface area contributed by atoms with Crippen LogP contribution in [0.3, 0.4) is 0 Å². The average Bonchev–Trinajstić information content (AvgIpc) is 3.07. The third kappa shape index (κ3) is 3.85. The third-order valence-electron chi connectivity index (χ3n) is 5.04. The maximum Gasteiger partial charge on any atom is 0.244 e. The molecule has 1 amide bonds. The fourth-order valence-electron chi connectivity index (χ4n) is 3.64. The van der Waals surface area contributed by atoms with Gasteiger partial charge in [0, 0.05) is 28.4 Å². The summed E-state index contributed by atoms with van der Waals surface area (Å²) >= 11 is 0. The molecule has 5 nitrogen and oxygen atoms in total. The van der Waals surface area contributed by atoms with E-state index in [9.17, 15) is 4.79 Å². The SMILES string of the molecule is CCn1c2ccccc2c2cc(/C=N/NC(=O)Cc3ccc(OC)cc3)ccc21. The topological polar surface area (TPSA) is 55.6 Å². The molecular weight excluding hydrogens is 362 g/mol. The Morgan fingerprint density at radius 3 is 2.55 bits per heavy atom. The molecule has 0 aliphatic carbocycles. The van der Waals surface area contributed by atoms with Crippen LogP contribution < -0.4 is 10.2 Å². The number of aromatic nitrogens is 1. The number of benzene rings is 3. The fraction of sp³-hybridized carbons (Fsp3) is 0.167. The largest absolute Gasteiger partial charge is 0.497 e. The lowest BCUT2D eigenvalue weighted by molar-refractivity contribution is -0.120. The van der Waals surface area contributed by atoms with Crippen LogP contribution in [0, 0.1) is 0 Å². The number of para-hydroxylation sites is 1. The van der Waals surface area contributed by atoms with Crippen molar-refractivity contribution in [3.8, 4) is 5.75 Å². The summed E-state index contributed by atoms with van der Waals surface area (Å²) in [4.78, 5) is 12.1. The summed E-state index contributed by atoms with van der Waals surface area (Å²) in [6, 6.07) is 22.1. The summed E-state index contributed by atoms with van der Waals surface area (Å²) in [6.07, 6.45) is 1.95. The van der Waals surface area contributed by atoms with Gasteiger partial charge in [-0.05, 0) is 48.4 Å². The second-order valence-electron chi connectivity index (χ2n) is 6.86. The highest BCUT2D eigenvalue weighted by Gasteiger charge is 2.09. The van der Waals surface area contributed by atoms with Crippen molar-refractivity contribution in [1.29, 1.82) is 0 Å². The number of hydrogen-bond donors (Lipinski definition) is 1. The first-order valence-electron chi connectivity index (χ1n) is 9.65. The Labute approximate surface area is 169 Å². The Kier molecular flexibility index (Phi) is 5.29. The Hall–Kier alpha value is -3.60. The van der Waals surface area contributed by atoms with E-state index in [1.54, 1.807) is 13.3 Å². The van der Waals surface area contributed by atoms with Gasteiger partial charge >= 0.3 is 0 Å². The number of nitrogens with zero attached hydrogens (tertiary/aromatic N) is 2. The minimum Gasteiger partial charge on any atom is -0.497 e. The van der Waals surface area contributed by atoms with Gasteiger partial charge in [-0.15, -0.1) is 0 Å². The van der Waals surface area contributed by atoms with E-state index in [2.05, 4.69) is 58.4 Å². The van der Waals surface area contributed by atoms with Crippen LogP contribution in [-0.2, 0) is 17.8 Å². The number of rotatable bonds is 6. The predicted molar refractivity (Wildman–Crippen MR) is 118 cm³/mol. The van der Waals surface area contributed by atoms with Gasteiger partial charge in [-0.2, -0.15) is 5.10 Å². The summed E-state index contributed by atoms with van der Waals surface area (Å²) in [5.74, 6) is 0.613. The first-order chi connectivity index (χ1) is 14.2. The first-order valence-corrected chi connectivity index (χ1v) is 9.65. The minimum absolute atomic E-state index is 0.157. The van der Waals surface area contributed by atoms with E-state index in [4.69, 9.17) is 4.74 Å². The molecule has 146 valence electrons. The van der Waals surface area contributed by atoms with E-state index in [-0.39, 0.29) is 12.3 Å². The Morgan fingerprint density at radius 1 is 1.03 bits per heavy atom. The van der Waals surface area contributed by atoms with Crippen molar-refractivity contribution < 1.29 is 9.53 Å². The highest BCUT2D eigenvalue weighted by molar-refractivity contribution is 6.09. The molecule has 0 radical (unpaired) electrons. The molecule has 1 aromatic heterocycles. The molecule has 0 spiro atoms. The van der Waals surface area contributed by atoms with Gasteiger partial charge in [-0.25, -0.2) is 5.43 Å². The van der Waals surface area contributed by atoms with Crippen LogP contribution in [0.25, 0.3) is 21.8 Å². The van der Waals surface area contributed by atoms with Gasteiger partial charge in [0.1, 0.15) is 5.75 Å². The number of fused-ring (bicyclic) bond motifs is 3. The smallest absolute Gasteiger partial charge is 0.244 e. The molecule has 4 aromatic rings. The summed E-state index contributed by atoms with van der Waals surface area (Å²) in [7, 11) is 1.62. The molecule has 1 heterocycles. The number of hydrogen-bond acceptors (Lipinski definition) is 3. The fourth-order valence-corrected chi connectivity index (χ4v) is 3.64. The molecule has 0 saturated carbocycles. The predicted octanol–water partition coefficient (Wildman–Crippen LogP) is 4.52. The lowest BCUT2D eigenvalue weighted by Crippen LogP contribution is -2.19. The number of aryl methyl sites for hydroxylation is 1. The van der Waals surface area contributed by atoms with Gasteiger partial charge in [0.25, 0.3) is 0 Å². The van der Waals surface area contributed by atoms with E-state index in [1.807, 2.05) is 30.3 Å². The number of nitrogens with one attached hydrogen (secondary N) is 1. The minimum atomic E-state index is -0.157. The molecule has 0 saturated heterocycles. The molecule has 4 rings (SSSR count). The van der Waals surface area contributed by atoms with Gasteiger partial charge in [0.15, 0.2) is 0 Å². The lowest BCUT2D eigenvalue weighted by Gasteiger charge is -2.03. The molecule has 1 N–H and O–H groups in total. The van der Waals surface area contributed by atoms with E-state index < -0.39 is 0 Å². The molecular formula is C24H23N3O2. The van der Waals surface area contributed by atoms with Crippen molar-refractivity contribution in [3.05, 3.63) is 77.9 Å². The van der Waals surface area contributed by atoms with Crippen LogP contribution in [0.1, 0.15) is 18.1 Å². The van der Waals surface area contributed by atoms with E-state index in [0.29, 0.717) is 0 Å². The number of amides is 1. The van der Waals surface area contributed by atoms with Crippen LogP contribution in [0.15, 0.2) is 71.8 Å². The molecule has 0 aliphatic rings. The standard InChI is InChI=1S/C24H23N3O2/c1-3-27-22-7-5-4-6-20(22)21-14-18(10-13-23(21)27)16-25-26-24(28)15-17-8-11-19(29-2)12-9-17/h4-14,16H,3,15H2,1-2H3,(H,26,28)/b25-16+. The van der Waals surface area contributed by atoms with Crippen LogP contribution in [-0.4, -0.2) is 23.8 Å². The van der Waals surface area contributed by atoms with Gasteiger partial charge in [0.2, 0.25) is 5.91 Å². The molecule has 3 aromatic carbocycles. The van der Waals surface area contributed by atoms with Crippen molar-refractivity contribution in [3.63, 3.8) is 0 Å². The molecule has 0 aliphatic heterocycles. The second kappa shape index (κ2) is 8.19. The lowest BCUT2D eigenvalue weighted by atomic mass is 10.1. The van der Waals surface area contributed by atoms with Gasteiger partial charge in [-0.1, -0.05) is 36.4 Å². The number of ether oxygens (including phenoxy) is 1. The second-order valence-corrected chi connectivity index (χ2v) is 6.86. The van der Waals surface area contributed by atoms with Crippen LogP contribution in [0.4, 0.5) is 0 Å². The van der Waals surface area contributed by atoms with Crippen molar-refractivity contribution in [2.75, 3.05) is 7.11 Å². The summed E-state index contributed by atoms with van der Waals surface area (Å²) in [6.45, 7) is 3.07. The zero-order valence-corrected chi connectivity index (χ0v) is 16.6. The Morgan fingerprint density at radius 2 is 1.79 bits per heavy atom. The molecule has 29 heavy (non-hydrogen) atoms. The number of carbonyl (C=O) groups excluding carboxylic acids is 1. The monoisotopic (exact) mass is 385 g/mol. The molecule has 0 fully saturated rings. The summed E-state index contributed by atoms with van der Waals surface area (Å²) in [5, 5.41) is 6.55. The van der Waals surface area contributed by atoms with E-state index in [0.717, 1.165) is 23.4 Å². The summed E-state index contributed by atoms with van der Waals surface area (Å²) in [5.41, 5.74) is 6.89. The van der Waals surface area contributed by atoms with Crippen molar-refractivity contribution in [1.82, 2.24) is 9.99 Å². The molecule has 0 unspecified atom stereocenters. The highest BCUT2D eigenvalue weighted by atomic mass is 16.5. The molecule has 0 bridgehead atoms. The zero-order chi connectivity index (χ0) is 20.2. The van der Waals surface area contributed by atoms with Gasteiger partial charge in [-0.3, -0.25) is 4.79 Å². The van der Waals surface area contributed by atoms with Crippen molar-refractivity contribution in [2.45, 2.75) is 19.9 Å². The Balaban J connectivity index is 1.49. The van der Waals surface area contributed by atoms with Crippen LogP contribution >= 0.6 is 0 Å². The van der Waals surface area contributed by atoms with Crippen LogP contribution in [0.2, 0.25) is 0 Å². The maximum absolute atomic E-state index is 12.1. The normalized spacial score (nSPS) is 11.4.